The van der Waals surface area contributed by atoms with E-state index >= 15 is 0 Å². The fourth-order valence-electron chi connectivity index (χ4n) is 2.58. The lowest BCUT2D eigenvalue weighted by molar-refractivity contribution is -0.123. The van der Waals surface area contributed by atoms with Gasteiger partial charge in [-0.05, 0) is 31.0 Å². The molecule has 0 bridgehead atoms. The Morgan fingerprint density at radius 2 is 1.97 bits per heavy atom. The molecular weight excluding hydrogens is 479 g/mol. The number of benzene rings is 1. The van der Waals surface area contributed by atoms with Crippen molar-refractivity contribution in [2.45, 2.75) is 19.0 Å². The van der Waals surface area contributed by atoms with Crippen LogP contribution in [0, 0.1) is 0 Å². The number of hydrogen-bond donors (Lipinski definition) is 2. The second-order valence-electron chi connectivity index (χ2n) is 7.19. The van der Waals surface area contributed by atoms with Crippen LogP contribution in [0.3, 0.4) is 0 Å². The van der Waals surface area contributed by atoms with Gasteiger partial charge < -0.3 is 15.4 Å². The minimum atomic E-state index is -4.56. The first-order chi connectivity index (χ1) is 15.9. The molecule has 34 heavy (non-hydrogen) atoms. The summed E-state index contributed by atoms with van der Waals surface area (Å²) in [6.45, 7) is 2.24. The van der Waals surface area contributed by atoms with Crippen LogP contribution in [0.5, 0.6) is 5.75 Å². The van der Waals surface area contributed by atoms with Crippen LogP contribution in [0.15, 0.2) is 37.1 Å². The Kier molecular flexibility index (Phi) is 9.18. The van der Waals surface area contributed by atoms with Crippen LogP contribution in [0.4, 0.5) is 13.2 Å². The van der Waals surface area contributed by atoms with Gasteiger partial charge in [-0.15, -0.1) is 11.7 Å². The molecule has 0 aliphatic carbocycles. The molecule has 0 radical (unpaired) electrons. The molecule has 1 aromatic heterocycles. The van der Waals surface area contributed by atoms with Gasteiger partial charge >= 0.3 is 6.18 Å². The zero-order valence-electron chi connectivity index (χ0n) is 18.3. The maximum Gasteiger partial charge on any atom is 0.405 e. The van der Waals surface area contributed by atoms with Gasteiger partial charge in [0.1, 0.15) is 27.8 Å². The van der Waals surface area contributed by atoms with Crippen LogP contribution >= 0.6 is 0 Å². The van der Waals surface area contributed by atoms with Crippen LogP contribution in [-0.4, -0.2) is 73.1 Å². The number of nitrogens with one attached hydrogen (secondary N) is 2. The molecule has 0 aliphatic rings. The molecule has 186 valence electrons. The summed E-state index contributed by atoms with van der Waals surface area (Å²) < 4.78 is 66.5. The Balaban J connectivity index is 2.23. The van der Waals surface area contributed by atoms with Gasteiger partial charge in [-0.2, -0.15) is 13.2 Å². The second kappa shape index (κ2) is 11.6. The number of allylic oxidation sites excluding steroid dienone is 1. The number of halogens is 3. The highest BCUT2D eigenvalue weighted by Crippen LogP contribution is 2.25. The number of aromatic nitrogens is 3. The van der Waals surface area contributed by atoms with Gasteiger partial charge in [-0.1, -0.05) is 11.3 Å². The molecule has 0 fully saturated rings. The highest BCUT2D eigenvalue weighted by atomic mass is 32.2. The van der Waals surface area contributed by atoms with Crippen LogP contribution in [0.25, 0.3) is 5.69 Å². The largest absolute Gasteiger partial charge is 0.491 e. The third-order valence-electron chi connectivity index (χ3n) is 4.21. The summed E-state index contributed by atoms with van der Waals surface area (Å²) in [7, 11) is -3.26. The highest BCUT2D eigenvalue weighted by molar-refractivity contribution is 7.90. The van der Waals surface area contributed by atoms with Crippen LogP contribution < -0.4 is 15.4 Å². The van der Waals surface area contributed by atoms with Crippen molar-refractivity contribution >= 4 is 21.7 Å². The van der Waals surface area contributed by atoms with E-state index < -0.39 is 34.4 Å². The van der Waals surface area contributed by atoms with Crippen LogP contribution in [0.2, 0.25) is 0 Å². The lowest BCUT2D eigenvalue weighted by Gasteiger charge is -2.13. The summed E-state index contributed by atoms with van der Waals surface area (Å²) >= 11 is 0. The Hall–Kier alpha value is -3.42. The molecule has 0 atom stereocenters. The van der Waals surface area contributed by atoms with Crippen molar-refractivity contribution in [3.63, 3.8) is 0 Å². The normalized spacial score (nSPS) is 11.6. The predicted molar refractivity (Wildman–Crippen MR) is 117 cm³/mol. The number of carbonyl (C=O) groups is 2. The third-order valence-corrected chi connectivity index (χ3v) is 5.16. The number of ether oxygens (including phenoxy) is 1. The number of sulfone groups is 1. The minimum Gasteiger partial charge on any atom is -0.491 e. The number of alkyl halides is 3. The van der Waals surface area contributed by atoms with Gasteiger partial charge in [0.05, 0.1) is 18.6 Å². The molecule has 10 nitrogen and oxygen atoms in total. The van der Waals surface area contributed by atoms with E-state index in [-0.39, 0.29) is 41.6 Å². The van der Waals surface area contributed by atoms with E-state index in [1.165, 1.54) is 29.1 Å². The van der Waals surface area contributed by atoms with Gasteiger partial charge in [0.25, 0.3) is 11.8 Å². The maximum atomic E-state index is 12.4. The van der Waals surface area contributed by atoms with Gasteiger partial charge in [0.15, 0.2) is 5.69 Å². The molecule has 1 heterocycles. The number of nitrogens with zero attached hydrogens (tertiary/aromatic N) is 3. The summed E-state index contributed by atoms with van der Waals surface area (Å²) in [5.41, 5.74) is 0.123. The minimum absolute atomic E-state index is 0.0643. The molecule has 0 spiro atoms. The molecular formula is C20H24F3N5O5S. The standard InChI is InChI=1S/C20H24F3N5O5S/c1-3-4-5-9-33-17-11-14(18(29)25-13-20(21,22)23)6-7-16(17)28-12-15(26-27-28)19(30)24-8-10-34(2,31)32/h3,6-7,11-12H,1,4-5,8-10,13H2,2H3,(H,24,30)(H,25,29). The number of unbranched alkanes of at least 4 members (excludes halogenated alkanes) is 1. The SMILES string of the molecule is C=CCCCOc1cc(C(=O)NCC(F)(F)F)ccc1-n1cc(C(=O)NCCS(C)(=O)=O)nn1. The first-order valence-electron chi connectivity index (χ1n) is 10.0. The van der Waals surface area contributed by atoms with Crippen LogP contribution in [0.1, 0.15) is 33.7 Å². The monoisotopic (exact) mass is 503 g/mol. The van der Waals surface area contributed by atoms with Crippen molar-refractivity contribution in [2.75, 3.05) is 31.7 Å². The van der Waals surface area contributed by atoms with E-state index in [4.69, 9.17) is 4.74 Å². The molecule has 2 rings (SSSR count). The van der Waals surface area contributed by atoms with E-state index in [9.17, 15) is 31.2 Å². The number of hydrogen-bond acceptors (Lipinski definition) is 7. The second-order valence-corrected chi connectivity index (χ2v) is 9.45. The predicted octanol–water partition coefficient (Wildman–Crippen LogP) is 1.68. The summed E-state index contributed by atoms with van der Waals surface area (Å²) in [4.78, 5) is 24.3. The average Bonchev–Trinajstić information content (AvgIpc) is 3.23. The first kappa shape index (κ1) is 26.8. The summed E-state index contributed by atoms with van der Waals surface area (Å²) in [6, 6.07) is 3.94. The Morgan fingerprint density at radius 3 is 2.62 bits per heavy atom. The molecule has 2 aromatic rings. The lowest BCUT2D eigenvalue weighted by Crippen LogP contribution is -2.33. The molecule has 0 saturated carbocycles. The van der Waals surface area contributed by atoms with Gasteiger partial charge in [-0.3, -0.25) is 9.59 Å². The maximum absolute atomic E-state index is 12.4. The van der Waals surface area contributed by atoms with Gasteiger partial charge in [0, 0.05) is 18.4 Å². The fraction of sp³-hybridized carbons (Fsp3) is 0.400. The number of carbonyl (C=O) groups excluding carboxylic acids is 2. The first-order valence-corrected chi connectivity index (χ1v) is 12.1. The quantitative estimate of drug-likeness (QED) is 0.333. The summed E-state index contributed by atoms with van der Waals surface area (Å²) in [5, 5.41) is 11.8. The van der Waals surface area contributed by atoms with Crippen molar-refractivity contribution in [3.8, 4) is 11.4 Å². The molecule has 0 unspecified atom stereocenters. The van der Waals surface area contributed by atoms with Crippen molar-refractivity contribution in [1.29, 1.82) is 0 Å². The number of rotatable bonds is 12. The van der Waals surface area contributed by atoms with Gasteiger partial charge in [0.2, 0.25) is 0 Å². The van der Waals surface area contributed by atoms with E-state index in [0.717, 1.165) is 6.26 Å². The van der Waals surface area contributed by atoms with Gasteiger partial charge in [-0.25, -0.2) is 13.1 Å². The summed E-state index contributed by atoms with van der Waals surface area (Å²) in [6.07, 6.45) is 0.696. The fourth-order valence-corrected chi connectivity index (χ4v) is 3.05. The average molecular weight is 504 g/mol. The van der Waals surface area contributed by atoms with E-state index in [1.807, 2.05) is 0 Å². The van der Waals surface area contributed by atoms with E-state index in [0.29, 0.717) is 12.8 Å². The summed E-state index contributed by atoms with van der Waals surface area (Å²) in [5.74, 6) is -1.69. The smallest absolute Gasteiger partial charge is 0.405 e. The van der Waals surface area contributed by atoms with Crippen molar-refractivity contribution in [2.24, 2.45) is 0 Å². The van der Waals surface area contributed by atoms with E-state index in [2.05, 4.69) is 22.2 Å². The molecule has 1 aromatic carbocycles. The number of amides is 2. The molecule has 0 aliphatic heterocycles. The molecule has 14 heteroatoms. The van der Waals surface area contributed by atoms with Crippen molar-refractivity contribution in [3.05, 3.63) is 48.3 Å². The third kappa shape index (κ3) is 8.84. The Bertz CT molecular complexity index is 1130. The zero-order chi connectivity index (χ0) is 25.4. The van der Waals surface area contributed by atoms with E-state index in [1.54, 1.807) is 11.4 Å². The van der Waals surface area contributed by atoms with Crippen molar-refractivity contribution < 1.29 is 35.9 Å². The highest BCUT2D eigenvalue weighted by Gasteiger charge is 2.28. The molecule has 2 amide bonds. The van der Waals surface area contributed by atoms with Crippen molar-refractivity contribution in [1.82, 2.24) is 25.6 Å². The Morgan fingerprint density at radius 1 is 1.24 bits per heavy atom. The molecule has 2 N–H and O–H groups in total. The molecule has 0 saturated heterocycles. The topological polar surface area (TPSA) is 132 Å². The Labute approximate surface area is 194 Å². The van der Waals surface area contributed by atoms with Crippen LogP contribution in [-0.2, 0) is 9.84 Å². The lowest BCUT2D eigenvalue weighted by atomic mass is 10.1. The zero-order valence-corrected chi connectivity index (χ0v) is 19.1.